The number of nitrogens with zero attached hydrogens (tertiary/aromatic N) is 1. The third-order valence-corrected chi connectivity index (χ3v) is 4.41. The van der Waals surface area contributed by atoms with E-state index in [4.69, 9.17) is 27.3 Å². The van der Waals surface area contributed by atoms with E-state index in [1.165, 1.54) is 6.07 Å². The number of hydrogen-bond acceptors (Lipinski definition) is 5. The molecule has 9 heteroatoms. The minimum Gasteiger partial charge on any atom is -0.399 e. The summed E-state index contributed by atoms with van der Waals surface area (Å²) in [5, 5.41) is 14.0. The van der Waals surface area contributed by atoms with Crippen LogP contribution in [-0.4, -0.2) is 28.4 Å². The Hall–Kier alpha value is -1.71. The van der Waals surface area contributed by atoms with Gasteiger partial charge in [-0.1, -0.05) is 6.07 Å². The number of nitrogens with two attached hydrogens (primary N) is 1. The van der Waals surface area contributed by atoms with Crippen LogP contribution in [0.5, 0.6) is 0 Å². The molecule has 0 unspecified atom stereocenters. The maximum Gasteiger partial charge on any atom is 0.495 e. The van der Waals surface area contributed by atoms with Crippen LogP contribution in [0.1, 0.15) is 33.3 Å². The molecular weight excluding hydrogens is 317 g/mol. The number of aryl methyl sites for hydroxylation is 1. The van der Waals surface area contributed by atoms with Gasteiger partial charge in [-0.3, -0.25) is 10.1 Å². The normalized spacial score (nSPS) is 18.7. The minimum absolute atomic E-state index is 0.0282. The molecule has 0 radical (unpaired) electrons. The number of thiocarbonyl (C=S) groups is 1. The van der Waals surface area contributed by atoms with E-state index in [2.05, 4.69) is 5.32 Å². The second kappa shape index (κ2) is 5.74. The van der Waals surface area contributed by atoms with Crippen molar-refractivity contribution >= 4 is 41.3 Å². The Morgan fingerprint density at radius 1 is 1.30 bits per heavy atom. The molecule has 0 aliphatic carbocycles. The highest BCUT2D eigenvalue weighted by molar-refractivity contribution is 7.80. The van der Waals surface area contributed by atoms with E-state index < -0.39 is 23.2 Å². The molecule has 23 heavy (non-hydrogen) atoms. The van der Waals surface area contributed by atoms with Gasteiger partial charge in [0.2, 0.25) is 0 Å². The van der Waals surface area contributed by atoms with Gasteiger partial charge in [-0.2, -0.15) is 0 Å². The van der Waals surface area contributed by atoms with Gasteiger partial charge in [0, 0.05) is 6.07 Å². The van der Waals surface area contributed by atoms with Crippen LogP contribution in [0.15, 0.2) is 12.1 Å². The SMILES string of the molecule is Cc1cc(B2OC(C)(C)C(C)(C)O2)cc([N+](=O)[O-])c1NC(N)=S. The predicted molar refractivity (Wildman–Crippen MR) is 94.0 cm³/mol. The molecule has 1 aliphatic rings. The van der Waals surface area contributed by atoms with Crippen molar-refractivity contribution in [3.05, 3.63) is 27.8 Å². The van der Waals surface area contributed by atoms with E-state index in [0.29, 0.717) is 11.0 Å². The fourth-order valence-corrected chi connectivity index (χ4v) is 2.44. The smallest absolute Gasteiger partial charge is 0.399 e. The maximum atomic E-state index is 11.4. The van der Waals surface area contributed by atoms with Gasteiger partial charge in [-0.05, 0) is 57.9 Å². The molecule has 0 amide bonds. The number of nitro groups is 1. The van der Waals surface area contributed by atoms with Gasteiger partial charge in [0.1, 0.15) is 5.69 Å². The zero-order chi connectivity index (χ0) is 17.6. The Kier molecular flexibility index (Phi) is 4.40. The lowest BCUT2D eigenvalue weighted by atomic mass is 9.78. The van der Waals surface area contributed by atoms with Crippen LogP contribution in [0.25, 0.3) is 0 Å². The molecule has 1 aromatic carbocycles. The maximum absolute atomic E-state index is 11.4. The van der Waals surface area contributed by atoms with Gasteiger partial charge < -0.3 is 20.4 Å². The van der Waals surface area contributed by atoms with E-state index in [1.54, 1.807) is 13.0 Å². The second-order valence-corrected chi connectivity index (χ2v) is 7.01. The highest BCUT2D eigenvalue weighted by Crippen LogP contribution is 2.37. The number of rotatable bonds is 3. The number of hydrogen-bond donors (Lipinski definition) is 2. The fraction of sp³-hybridized carbons (Fsp3) is 0.500. The molecule has 2 rings (SSSR count). The first-order valence-corrected chi connectivity index (χ1v) is 7.56. The summed E-state index contributed by atoms with van der Waals surface area (Å²) in [4.78, 5) is 10.9. The molecule has 1 fully saturated rings. The summed E-state index contributed by atoms with van der Waals surface area (Å²) in [6.45, 7) is 9.45. The summed E-state index contributed by atoms with van der Waals surface area (Å²) in [7, 11) is -0.670. The third kappa shape index (κ3) is 3.31. The van der Waals surface area contributed by atoms with Crippen LogP contribution in [0, 0.1) is 17.0 Å². The van der Waals surface area contributed by atoms with E-state index >= 15 is 0 Å². The van der Waals surface area contributed by atoms with Crippen LogP contribution in [0.2, 0.25) is 0 Å². The third-order valence-electron chi connectivity index (χ3n) is 4.31. The number of nitro benzene ring substituents is 1. The van der Waals surface area contributed by atoms with Crippen LogP contribution >= 0.6 is 12.2 Å². The van der Waals surface area contributed by atoms with Gasteiger partial charge in [0.15, 0.2) is 5.11 Å². The summed E-state index contributed by atoms with van der Waals surface area (Å²) in [6.07, 6.45) is 0. The Bertz CT molecular complexity index is 662. The zero-order valence-corrected chi connectivity index (χ0v) is 14.6. The molecule has 1 heterocycles. The molecular formula is C14H20BN3O4S. The van der Waals surface area contributed by atoms with Crippen molar-refractivity contribution in [1.82, 2.24) is 0 Å². The molecule has 0 aromatic heterocycles. The van der Waals surface area contributed by atoms with E-state index in [-0.39, 0.29) is 16.5 Å². The quantitative estimate of drug-likeness (QED) is 0.376. The first-order valence-electron chi connectivity index (χ1n) is 7.15. The molecule has 0 bridgehead atoms. The molecule has 1 aliphatic heterocycles. The summed E-state index contributed by atoms with van der Waals surface area (Å²) in [5.74, 6) is 0. The lowest BCUT2D eigenvalue weighted by Crippen LogP contribution is -2.41. The van der Waals surface area contributed by atoms with Crippen molar-refractivity contribution in [2.45, 2.75) is 45.8 Å². The Balaban J connectivity index is 2.46. The highest BCUT2D eigenvalue weighted by atomic mass is 32.1. The van der Waals surface area contributed by atoms with Gasteiger partial charge in [-0.15, -0.1) is 0 Å². The number of benzene rings is 1. The van der Waals surface area contributed by atoms with Gasteiger partial charge in [-0.25, -0.2) is 0 Å². The topological polar surface area (TPSA) is 99.6 Å². The van der Waals surface area contributed by atoms with E-state index in [9.17, 15) is 10.1 Å². The summed E-state index contributed by atoms with van der Waals surface area (Å²) < 4.78 is 11.9. The molecule has 1 aromatic rings. The van der Waals surface area contributed by atoms with E-state index in [0.717, 1.165) is 0 Å². The Morgan fingerprint density at radius 2 is 1.83 bits per heavy atom. The lowest BCUT2D eigenvalue weighted by molar-refractivity contribution is -0.383. The van der Waals surface area contributed by atoms with Crippen molar-refractivity contribution in [3.63, 3.8) is 0 Å². The largest absolute Gasteiger partial charge is 0.495 e. The average molecular weight is 337 g/mol. The molecule has 0 atom stereocenters. The first kappa shape index (κ1) is 17.6. The number of nitrogens with one attached hydrogen (secondary N) is 1. The van der Waals surface area contributed by atoms with E-state index in [1.807, 2.05) is 27.7 Å². The second-order valence-electron chi connectivity index (χ2n) is 6.57. The molecule has 0 spiro atoms. The highest BCUT2D eigenvalue weighted by Gasteiger charge is 2.52. The standard InChI is InChI=1S/C14H20BN3O4S/c1-8-6-9(15-21-13(2,3)14(4,5)22-15)7-10(18(19)20)11(8)17-12(16)23/h6-7H,1-5H3,(H3,16,17,23). The fourth-order valence-electron chi connectivity index (χ4n) is 2.34. The van der Waals surface area contributed by atoms with Crippen LogP contribution in [0.3, 0.4) is 0 Å². The average Bonchev–Trinajstić information content (AvgIpc) is 2.59. The van der Waals surface area contributed by atoms with Crippen LogP contribution in [-0.2, 0) is 9.31 Å². The Morgan fingerprint density at radius 3 is 2.26 bits per heavy atom. The monoisotopic (exact) mass is 337 g/mol. The molecule has 3 N–H and O–H groups in total. The van der Waals surface area contributed by atoms with Gasteiger partial charge in [0.25, 0.3) is 5.69 Å². The van der Waals surface area contributed by atoms with Crippen LogP contribution < -0.4 is 16.5 Å². The van der Waals surface area contributed by atoms with Gasteiger partial charge in [0.05, 0.1) is 16.1 Å². The summed E-state index contributed by atoms with van der Waals surface area (Å²) in [5.41, 5.74) is 5.78. The number of anilines is 1. The van der Waals surface area contributed by atoms with Crippen molar-refractivity contribution in [2.24, 2.45) is 5.73 Å². The first-order chi connectivity index (χ1) is 10.4. The minimum atomic E-state index is -0.670. The van der Waals surface area contributed by atoms with Crippen molar-refractivity contribution in [1.29, 1.82) is 0 Å². The molecule has 7 nitrogen and oxygen atoms in total. The van der Waals surface area contributed by atoms with Crippen molar-refractivity contribution < 1.29 is 14.2 Å². The summed E-state index contributed by atoms with van der Waals surface area (Å²) >= 11 is 4.78. The molecule has 1 saturated heterocycles. The van der Waals surface area contributed by atoms with Crippen LogP contribution in [0.4, 0.5) is 11.4 Å². The lowest BCUT2D eigenvalue weighted by Gasteiger charge is -2.32. The van der Waals surface area contributed by atoms with Crippen molar-refractivity contribution in [3.8, 4) is 0 Å². The Labute approximate surface area is 140 Å². The molecule has 124 valence electrons. The molecule has 0 saturated carbocycles. The van der Waals surface area contributed by atoms with Crippen molar-refractivity contribution in [2.75, 3.05) is 5.32 Å². The predicted octanol–water partition coefficient (Wildman–Crippen LogP) is 1.86. The summed E-state index contributed by atoms with van der Waals surface area (Å²) in [6, 6.07) is 3.20. The zero-order valence-electron chi connectivity index (χ0n) is 13.8. The van der Waals surface area contributed by atoms with Gasteiger partial charge >= 0.3 is 7.12 Å².